The number of aliphatic hydroxyl groups excluding tert-OH is 1. The van der Waals surface area contributed by atoms with Gasteiger partial charge in [-0.3, -0.25) is 0 Å². The van der Waals surface area contributed by atoms with Crippen LogP contribution < -0.4 is 0 Å². The molecule has 0 fully saturated rings. The lowest BCUT2D eigenvalue weighted by Gasteiger charge is -2.19. The first-order valence-corrected chi connectivity index (χ1v) is 6.85. The number of aryl methyl sites for hydroxylation is 1. The SMILES string of the molecule is OC(Cc1ccc(F)c(F)c1)C1CCc2ccccc21. The van der Waals surface area contributed by atoms with E-state index >= 15 is 0 Å². The fraction of sp³-hybridized carbons (Fsp3) is 0.294. The van der Waals surface area contributed by atoms with Gasteiger partial charge in [0.2, 0.25) is 0 Å². The van der Waals surface area contributed by atoms with Gasteiger partial charge in [0.15, 0.2) is 11.6 Å². The molecule has 104 valence electrons. The lowest BCUT2D eigenvalue weighted by molar-refractivity contribution is 0.143. The standard InChI is InChI=1S/C17H16F2O/c18-15-8-5-11(9-16(15)19)10-17(20)14-7-6-12-3-1-2-4-13(12)14/h1-5,8-9,14,17,20H,6-7,10H2. The zero-order valence-electron chi connectivity index (χ0n) is 11.0. The Balaban J connectivity index is 1.77. The van der Waals surface area contributed by atoms with E-state index in [-0.39, 0.29) is 5.92 Å². The van der Waals surface area contributed by atoms with E-state index in [9.17, 15) is 13.9 Å². The number of aliphatic hydroxyl groups is 1. The molecule has 0 aliphatic heterocycles. The highest BCUT2D eigenvalue weighted by atomic mass is 19.2. The molecule has 0 heterocycles. The van der Waals surface area contributed by atoms with Gasteiger partial charge in [0.05, 0.1) is 6.10 Å². The monoisotopic (exact) mass is 274 g/mol. The van der Waals surface area contributed by atoms with Crippen LogP contribution >= 0.6 is 0 Å². The largest absolute Gasteiger partial charge is 0.392 e. The number of fused-ring (bicyclic) bond motifs is 1. The molecule has 0 radical (unpaired) electrons. The van der Waals surface area contributed by atoms with E-state index in [1.165, 1.54) is 23.3 Å². The van der Waals surface area contributed by atoms with Crippen molar-refractivity contribution in [2.45, 2.75) is 31.3 Å². The fourth-order valence-electron chi connectivity index (χ4n) is 3.04. The van der Waals surface area contributed by atoms with Gasteiger partial charge in [-0.05, 0) is 48.1 Å². The van der Waals surface area contributed by atoms with Crippen molar-refractivity contribution in [2.24, 2.45) is 0 Å². The average molecular weight is 274 g/mol. The predicted octanol–water partition coefficient (Wildman–Crippen LogP) is 3.60. The highest BCUT2D eigenvalue weighted by molar-refractivity contribution is 5.36. The molecule has 2 atom stereocenters. The Bertz CT molecular complexity index is 624. The molecule has 1 nitrogen and oxygen atoms in total. The number of rotatable bonds is 3. The maximum atomic E-state index is 13.2. The van der Waals surface area contributed by atoms with Crippen LogP contribution in [0.25, 0.3) is 0 Å². The van der Waals surface area contributed by atoms with Gasteiger partial charge >= 0.3 is 0 Å². The molecule has 0 aromatic heterocycles. The molecule has 3 heteroatoms. The molecule has 0 spiro atoms. The van der Waals surface area contributed by atoms with Crippen molar-refractivity contribution in [1.82, 2.24) is 0 Å². The molecule has 1 aliphatic carbocycles. The predicted molar refractivity (Wildman–Crippen MR) is 73.6 cm³/mol. The molecular formula is C17H16F2O. The van der Waals surface area contributed by atoms with E-state index in [0.717, 1.165) is 18.9 Å². The topological polar surface area (TPSA) is 20.2 Å². The second kappa shape index (κ2) is 5.33. The summed E-state index contributed by atoms with van der Waals surface area (Å²) in [6, 6.07) is 11.9. The summed E-state index contributed by atoms with van der Waals surface area (Å²) in [5.41, 5.74) is 3.09. The summed E-state index contributed by atoms with van der Waals surface area (Å²) in [5, 5.41) is 10.4. The van der Waals surface area contributed by atoms with Crippen molar-refractivity contribution in [2.75, 3.05) is 0 Å². The van der Waals surface area contributed by atoms with Gasteiger partial charge < -0.3 is 5.11 Å². The van der Waals surface area contributed by atoms with E-state index < -0.39 is 17.7 Å². The third kappa shape index (κ3) is 2.46. The Labute approximate surface area is 116 Å². The van der Waals surface area contributed by atoms with Gasteiger partial charge in [0, 0.05) is 5.92 Å². The van der Waals surface area contributed by atoms with E-state index in [4.69, 9.17) is 0 Å². The Hall–Kier alpha value is -1.74. The number of hydrogen-bond acceptors (Lipinski definition) is 1. The Morgan fingerprint density at radius 3 is 2.70 bits per heavy atom. The van der Waals surface area contributed by atoms with Gasteiger partial charge in [-0.2, -0.15) is 0 Å². The maximum Gasteiger partial charge on any atom is 0.159 e. The van der Waals surface area contributed by atoms with Gasteiger partial charge in [-0.25, -0.2) is 8.78 Å². The first-order valence-electron chi connectivity index (χ1n) is 6.85. The quantitative estimate of drug-likeness (QED) is 0.906. The molecule has 0 saturated heterocycles. The third-order valence-electron chi connectivity index (χ3n) is 4.07. The number of hydrogen-bond donors (Lipinski definition) is 1. The van der Waals surface area contributed by atoms with Crippen LogP contribution in [0, 0.1) is 11.6 Å². The van der Waals surface area contributed by atoms with Crippen molar-refractivity contribution < 1.29 is 13.9 Å². The number of halogens is 2. The molecule has 1 aliphatic rings. The summed E-state index contributed by atoms with van der Waals surface area (Å²) in [6.45, 7) is 0. The van der Waals surface area contributed by atoms with E-state index in [1.807, 2.05) is 18.2 Å². The summed E-state index contributed by atoms with van der Waals surface area (Å²) in [6.07, 6.45) is 1.65. The van der Waals surface area contributed by atoms with Crippen LogP contribution in [-0.2, 0) is 12.8 Å². The molecule has 2 unspecified atom stereocenters. The molecule has 0 bridgehead atoms. The molecule has 0 amide bonds. The van der Waals surface area contributed by atoms with Crippen LogP contribution in [0.1, 0.15) is 29.0 Å². The smallest absolute Gasteiger partial charge is 0.159 e. The zero-order chi connectivity index (χ0) is 14.1. The van der Waals surface area contributed by atoms with Gasteiger partial charge in [0.25, 0.3) is 0 Å². The molecular weight excluding hydrogens is 258 g/mol. The zero-order valence-corrected chi connectivity index (χ0v) is 11.0. The van der Waals surface area contributed by atoms with E-state index in [0.29, 0.717) is 12.0 Å². The van der Waals surface area contributed by atoms with Gasteiger partial charge in [0.1, 0.15) is 0 Å². The highest BCUT2D eigenvalue weighted by Gasteiger charge is 2.28. The molecule has 2 aromatic rings. The van der Waals surface area contributed by atoms with Crippen molar-refractivity contribution in [3.05, 3.63) is 70.8 Å². The minimum atomic E-state index is -0.860. The van der Waals surface area contributed by atoms with E-state index in [1.54, 1.807) is 0 Å². The second-order valence-electron chi connectivity index (χ2n) is 5.36. The summed E-state index contributed by atoms with van der Waals surface area (Å²) in [7, 11) is 0. The minimum absolute atomic E-state index is 0.0827. The van der Waals surface area contributed by atoms with Crippen LogP contribution in [0.4, 0.5) is 8.78 Å². The maximum absolute atomic E-state index is 13.2. The summed E-state index contributed by atoms with van der Waals surface area (Å²) in [5.74, 6) is -1.63. The van der Waals surface area contributed by atoms with Crippen molar-refractivity contribution >= 4 is 0 Å². The molecule has 20 heavy (non-hydrogen) atoms. The first kappa shape index (κ1) is 13.3. The van der Waals surface area contributed by atoms with Gasteiger partial charge in [-0.1, -0.05) is 30.3 Å². The lowest BCUT2D eigenvalue weighted by Crippen LogP contribution is -2.19. The molecule has 0 saturated carbocycles. The van der Waals surface area contributed by atoms with E-state index in [2.05, 4.69) is 6.07 Å². The molecule has 2 aromatic carbocycles. The molecule has 3 rings (SSSR count). The highest BCUT2D eigenvalue weighted by Crippen LogP contribution is 2.36. The normalized spacial score (nSPS) is 18.9. The Morgan fingerprint density at radius 1 is 1.10 bits per heavy atom. The van der Waals surface area contributed by atoms with Crippen molar-refractivity contribution in [3.63, 3.8) is 0 Å². The first-order chi connectivity index (χ1) is 9.65. The Morgan fingerprint density at radius 2 is 1.90 bits per heavy atom. The van der Waals surface area contributed by atoms with Crippen LogP contribution in [0.2, 0.25) is 0 Å². The summed E-state index contributed by atoms with van der Waals surface area (Å²) < 4.78 is 26.1. The van der Waals surface area contributed by atoms with Crippen LogP contribution in [0.15, 0.2) is 42.5 Å². The second-order valence-corrected chi connectivity index (χ2v) is 5.36. The van der Waals surface area contributed by atoms with Crippen molar-refractivity contribution in [3.8, 4) is 0 Å². The fourth-order valence-corrected chi connectivity index (χ4v) is 3.04. The summed E-state index contributed by atoms with van der Waals surface area (Å²) in [4.78, 5) is 0. The summed E-state index contributed by atoms with van der Waals surface area (Å²) >= 11 is 0. The van der Waals surface area contributed by atoms with Crippen LogP contribution in [0.3, 0.4) is 0 Å². The lowest BCUT2D eigenvalue weighted by atomic mass is 9.91. The van der Waals surface area contributed by atoms with Crippen LogP contribution in [0.5, 0.6) is 0 Å². The van der Waals surface area contributed by atoms with Crippen molar-refractivity contribution in [1.29, 1.82) is 0 Å². The average Bonchev–Trinajstić information content (AvgIpc) is 2.87. The number of benzene rings is 2. The van der Waals surface area contributed by atoms with Crippen LogP contribution in [-0.4, -0.2) is 11.2 Å². The minimum Gasteiger partial charge on any atom is -0.392 e. The van der Waals surface area contributed by atoms with Gasteiger partial charge in [-0.15, -0.1) is 0 Å². The Kier molecular flexibility index (Phi) is 3.53. The third-order valence-corrected chi connectivity index (χ3v) is 4.07. The molecule has 1 N–H and O–H groups in total.